The van der Waals surface area contributed by atoms with Crippen molar-refractivity contribution < 1.29 is 19.1 Å². The molecular weight excluding hydrogens is 426 g/mol. The predicted octanol–water partition coefficient (Wildman–Crippen LogP) is 3.74. The molecule has 7 nitrogen and oxygen atoms in total. The van der Waals surface area contributed by atoms with E-state index < -0.39 is 18.5 Å². The van der Waals surface area contributed by atoms with Crippen LogP contribution in [-0.4, -0.2) is 47.4 Å². The third kappa shape index (κ3) is 5.91. The Labute approximate surface area is 191 Å². The lowest BCUT2D eigenvalue weighted by atomic mass is 10.0. The zero-order chi connectivity index (χ0) is 23.1. The van der Waals surface area contributed by atoms with E-state index in [-0.39, 0.29) is 18.4 Å². The van der Waals surface area contributed by atoms with Gasteiger partial charge in [0.1, 0.15) is 0 Å². The maximum atomic E-state index is 12.8. The van der Waals surface area contributed by atoms with Crippen LogP contribution < -0.4 is 5.32 Å². The van der Waals surface area contributed by atoms with Crippen molar-refractivity contribution in [2.75, 3.05) is 19.7 Å². The normalized spacial score (nSPS) is 10.9. The van der Waals surface area contributed by atoms with Crippen LogP contribution in [0.25, 0.3) is 10.9 Å². The Morgan fingerprint density at radius 2 is 1.94 bits per heavy atom. The van der Waals surface area contributed by atoms with Crippen LogP contribution >= 0.6 is 11.3 Å². The highest BCUT2D eigenvalue weighted by Crippen LogP contribution is 2.23. The van der Waals surface area contributed by atoms with Gasteiger partial charge in [-0.25, -0.2) is 4.79 Å². The molecular formula is C24H27N3O4S. The van der Waals surface area contributed by atoms with Crippen molar-refractivity contribution in [1.82, 2.24) is 15.2 Å². The van der Waals surface area contributed by atoms with E-state index in [1.807, 2.05) is 49.6 Å². The number of ether oxygens (including phenoxy) is 1. The quantitative estimate of drug-likeness (QED) is 0.499. The van der Waals surface area contributed by atoms with E-state index in [2.05, 4.69) is 10.3 Å². The first-order valence-corrected chi connectivity index (χ1v) is 11.4. The number of aromatic nitrogens is 1. The number of para-hydroxylation sites is 1. The van der Waals surface area contributed by atoms with Gasteiger partial charge in [0.15, 0.2) is 6.61 Å². The first-order valence-electron chi connectivity index (χ1n) is 10.5. The Balaban J connectivity index is 1.62. The van der Waals surface area contributed by atoms with Crippen molar-refractivity contribution in [3.05, 3.63) is 64.0 Å². The molecule has 2 heterocycles. The molecule has 0 spiro atoms. The summed E-state index contributed by atoms with van der Waals surface area (Å²) in [6.07, 6.45) is 0. The number of rotatable bonds is 9. The van der Waals surface area contributed by atoms with Gasteiger partial charge < -0.3 is 15.0 Å². The molecule has 2 amide bonds. The maximum Gasteiger partial charge on any atom is 0.339 e. The van der Waals surface area contributed by atoms with Crippen LogP contribution in [0.15, 0.2) is 47.8 Å². The number of hydrogen-bond donors (Lipinski definition) is 1. The fraction of sp³-hybridized carbons (Fsp3) is 0.333. The minimum atomic E-state index is -0.586. The van der Waals surface area contributed by atoms with Crippen molar-refractivity contribution in [2.24, 2.45) is 0 Å². The molecule has 32 heavy (non-hydrogen) atoms. The van der Waals surface area contributed by atoms with Crippen molar-refractivity contribution >= 4 is 40.0 Å². The maximum absolute atomic E-state index is 12.8. The fourth-order valence-electron chi connectivity index (χ4n) is 3.16. The van der Waals surface area contributed by atoms with E-state index >= 15 is 0 Å². The van der Waals surface area contributed by atoms with Crippen molar-refractivity contribution in [3.63, 3.8) is 0 Å². The van der Waals surface area contributed by atoms with Crippen LogP contribution in [0, 0.1) is 0 Å². The summed E-state index contributed by atoms with van der Waals surface area (Å²) in [5.41, 5.74) is 1.86. The van der Waals surface area contributed by atoms with E-state index in [9.17, 15) is 14.4 Å². The number of fused-ring (bicyclic) bond motifs is 1. The summed E-state index contributed by atoms with van der Waals surface area (Å²) in [5, 5.41) is 5.41. The van der Waals surface area contributed by atoms with E-state index in [1.165, 1.54) is 4.90 Å². The number of nitrogens with one attached hydrogen (secondary N) is 1. The van der Waals surface area contributed by atoms with Gasteiger partial charge in [0.25, 0.3) is 5.91 Å². The molecule has 0 unspecified atom stereocenters. The molecule has 0 aliphatic carbocycles. The van der Waals surface area contributed by atoms with Gasteiger partial charge in [0.05, 0.1) is 24.2 Å². The second kappa shape index (κ2) is 10.9. The number of hydrogen-bond acceptors (Lipinski definition) is 6. The average Bonchev–Trinajstić information content (AvgIpc) is 3.32. The lowest BCUT2D eigenvalue weighted by Crippen LogP contribution is -2.42. The number of esters is 1. The number of benzene rings is 1. The number of amides is 2. The average molecular weight is 454 g/mol. The van der Waals surface area contributed by atoms with Crippen LogP contribution in [0.5, 0.6) is 0 Å². The summed E-state index contributed by atoms with van der Waals surface area (Å²) in [5.74, 6) is -1.13. The molecule has 0 aliphatic rings. The minimum absolute atomic E-state index is 0.0893. The highest BCUT2D eigenvalue weighted by Gasteiger charge is 2.20. The van der Waals surface area contributed by atoms with Crippen molar-refractivity contribution in [3.8, 4) is 0 Å². The molecule has 0 atom stereocenters. The van der Waals surface area contributed by atoms with Crippen LogP contribution in [0.2, 0.25) is 0 Å². The van der Waals surface area contributed by atoms with Gasteiger partial charge in [-0.2, -0.15) is 0 Å². The van der Waals surface area contributed by atoms with Crippen LogP contribution in [0.1, 0.15) is 47.6 Å². The van der Waals surface area contributed by atoms with Gasteiger partial charge in [-0.15, -0.1) is 11.3 Å². The van der Waals surface area contributed by atoms with E-state index in [0.717, 1.165) is 10.6 Å². The molecule has 2 aromatic heterocycles. The van der Waals surface area contributed by atoms with Crippen LogP contribution in [0.4, 0.5) is 0 Å². The standard InChI is InChI=1S/C24H27N3O4S/c1-4-27(14-22(28)25-13-17-8-7-11-32-17)23(29)15-31-24(30)19-12-21(16(2)3)26-20-10-6-5-9-18(19)20/h5-12,16H,4,13-15H2,1-3H3,(H,25,28). The third-order valence-electron chi connectivity index (χ3n) is 4.98. The lowest BCUT2D eigenvalue weighted by molar-refractivity contribution is -0.138. The lowest BCUT2D eigenvalue weighted by Gasteiger charge is -2.20. The Morgan fingerprint density at radius 3 is 2.62 bits per heavy atom. The Kier molecular flexibility index (Phi) is 7.94. The first-order chi connectivity index (χ1) is 15.4. The summed E-state index contributed by atoms with van der Waals surface area (Å²) in [7, 11) is 0. The van der Waals surface area contributed by atoms with Crippen LogP contribution in [-0.2, 0) is 20.9 Å². The number of pyridine rings is 1. The second-order valence-electron chi connectivity index (χ2n) is 7.61. The number of thiophene rings is 1. The highest BCUT2D eigenvalue weighted by atomic mass is 32.1. The van der Waals surface area contributed by atoms with Gasteiger partial charge in [-0.05, 0) is 36.4 Å². The van der Waals surface area contributed by atoms with Crippen molar-refractivity contribution in [2.45, 2.75) is 33.2 Å². The van der Waals surface area contributed by atoms with Gasteiger partial charge in [-0.1, -0.05) is 38.1 Å². The van der Waals surface area contributed by atoms with Gasteiger partial charge in [-0.3, -0.25) is 14.6 Å². The molecule has 3 rings (SSSR count). The van der Waals surface area contributed by atoms with Crippen LogP contribution in [0.3, 0.4) is 0 Å². The molecule has 168 valence electrons. The highest BCUT2D eigenvalue weighted by molar-refractivity contribution is 7.09. The first kappa shape index (κ1) is 23.4. The molecule has 0 saturated carbocycles. The van der Waals surface area contributed by atoms with Gasteiger partial charge in [0, 0.05) is 22.5 Å². The predicted molar refractivity (Wildman–Crippen MR) is 125 cm³/mol. The number of carbonyl (C=O) groups excluding carboxylic acids is 3. The number of carbonyl (C=O) groups is 3. The zero-order valence-electron chi connectivity index (χ0n) is 18.5. The largest absolute Gasteiger partial charge is 0.452 e. The summed E-state index contributed by atoms with van der Waals surface area (Å²) in [6.45, 7) is 6.00. The topological polar surface area (TPSA) is 88.6 Å². The zero-order valence-corrected chi connectivity index (χ0v) is 19.3. The fourth-order valence-corrected chi connectivity index (χ4v) is 3.81. The smallest absolute Gasteiger partial charge is 0.339 e. The molecule has 8 heteroatoms. The minimum Gasteiger partial charge on any atom is -0.452 e. The second-order valence-corrected chi connectivity index (χ2v) is 8.64. The summed E-state index contributed by atoms with van der Waals surface area (Å²) in [4.78, 5) is 44.6. The number of nitrogens with zero attached hydrogens (tertiary/aromatic N) is 2. The Bertz CT molecular complexity index is 1100. The van der Waals surface area contributed by atoms with E-state index in [4.69, 9.17) is 4.74 Å². The molecule has 0 saturated heterocycles. The SMILES string of the molecule is CCN(CC(=O)NCc1cccs1)C(=O)COC(=O)c1cc(C(C)C)nc2ccccc12. The molecule has 0 aliphatic heterocycles. The molecule has 3 aromatic rings. The summed E-state index contributed by atoms with van der Waals surface area (Å²) < 4.78 is 5.33. The summed E-state index contributed by atoms with van der Waals surface area (Å²) in [6, 6.07) is 12.9. The van der Waals surface area contributed by atoms with Crippen molar-refractivity contribution in [1.29, 1.82) is 0 Å². The monoisotopic (exact) mass is 453 g/mol. The Morgan fingerprint density at radius 1 is 1.16 bits per heavy atom. The van der Waals surface area contributed by atoms with Gasteiger partial charge in [0.2, 0.25) is 5.91 Å². The number of likely N-dealkylation sites (N-methyl/N-ethyl adjacent to an activating group) is 1. The molecule has 0 fully saturated rings. The third-order valence-corrected chi connectivity index (χ3v) is 5.86. The molecule has 0 radical (unpaired) electrons. The summed E-state index contributed by atoms with van der Waals surface area (Å²) >= 11 is 1.55. The van der Waals surface area contributed by atoms with Gasteiger partial charge >= 0.3 is 5.97 Å². The molecule has 1 N–H and O–H groups in total. The van der Waals surface area contributed by atoms with E-state index in [0.29, 0.717) is 29.6 Å². The Hall–Kier alpha value is -3.26. The molecule has 1 aromatic carbocycles. The van der Waals surface area contributed by atoms with E-state index in [1.54, 1.807) is 30.4 Å². The molecule has 0 bridgehead atoms.